The van der Waals surface area contributed by atoms with E-state index in [0.717, 1.165) is 0 Å². The fraction of sp³-hybridized carbons (Fsp3) is 0.400. The van der Waals surface area contributed by atoms with Gasteiger partial charge in [0.05, 0.1) is 0 Å². The average molecular weight is 115 g/mol. The standard InChI is InChI=1S/C5H9NO2/c1-3-4-8-5(2)6-7/h3,7H,1,4H2,2H3/b6-5-. The maximum atomic E-state index is 7.99. The number of rotatable bonds is 2. The van der Waals surface area contributed by atoms with Crippen LogP contribution in [-0.2, 0) is 4.74 Å². The van der Waals surface area contributed by atoms with Crippen LogP contribution in [0.3, 0.4) is 0 Å². The van der Waals surface area contributed by atoms with Gasteiger partial charge in [-0.15, -0.1) is 0 Å². The van der Waals surface area contributed by atoms with E-state index < -0.39 is 0 Å². The van der Waals surface area contributed by atoms with Gasteiger partial charge in [-0.2, -0.15) is 0 Å². The second kappa shape index (κ2) is 4.18. The van der Waals surface area contributed by atoms with Crippen molar-refractivity contribution in [1.82, 2.24) is 0 Å². The smallest absolute Gasteiger partial charge is 0.222 e. The maximum absolute atomic E-state index is 7.99. The minimum Gasteiger partial charge on any atom is -0.475 e. The summed E-state index contributed by atoms with van der Waals surface area (Å²) in [6.07, 6.45) is 1.58. The Hall–Kier alpha value is -0.990. The van der Waals surface area contributed by atoms with Gasteiger partial charge in [-0.1, -0.05) is 17.8 Å². The van der Waals surface area contributed by atoms with Gasteiger partial charge in [0.15, 0.2) is 0 Å². The lowest BCUT2D eigenvalue weighted by atomic mass is 10.7. The van der Waals surface area contributed by atoms with E-state index in [9.17, 15) is 0 Å². The van der Waals surface area contributed by atoms with Crippen LogP contribution >= 0.6 is 0 Å². The zero-order chi connectivity index (χ0) is 6.41. The second-order valence-corrected chi connectivity index (χ2v) is 1.22. The molecule has 8 heavy (non-hydrogen) atoms. The average Bonchev–Trinajstić information content (AvgIpc) is 1.83. The minimum atomic E-state index is 0.255. The lowest BCUT2D eigenvalue weighted by Gasteiger charge is -1.95. The van der Waals surface area contributed by atoms with Crippen molar-refractivity contribution in [3.05, 3.63) is 12.7 Å². The molecule has 3 heteroatoms. The molecule has 0 heterocycles. The molecule has 1 N–H and O–H groups in total. The van der Waals surface area contributed by atoms with E-state index in [1.807, 2.05) is 0 Å². The summed E-state index contributed by atoms with van der Waals surface area (Å²) in [6, 6.07) is 0. The predicted octanol–water partition coefficient (Wildman–Crippen LogP) is 0.997. The number of oxime groups is 1. The monoisotopic (exact) mass is 115 g/mol. The van der Waals surface area contributed by atoms with E-state index in [1.54, 1.807) is 13.0 Å². The van der Waals surface area contributed by atoms with Gasteiger partial charge in [0, 0.05) is 6.92 Å². The van der Waals surface area contributed by atoms with Crippen molar-refractivity contribution < 1.29 is 9.94 Å². The van der Waals surface area contributed by atoms with Gasteiger partial charge in [-0.05, 0) is 0 Å². The van der Waals surface area contributed by atoms with Crippen LogP contribution in [-0.4, -0.2) is 17.7 Å². The highest BCUT2D eigenvalue weighted by Crippen LogP contribution is 1.78. The molecule has 0 fully saturated rings. The molecule has 0 radical (unpaired) electrons. The Kier molecular flexibility index (Phi) is 3.66. The third kappa shape index (κ3) is 3.21. The van der Waals surface area contributed by atoms with Crippen LogP contribution in [0.2, 0.25) is 0 Å². The molecule has 0 unspecified atom stereocenters. The van der Waals surface area contributed by atoms with Crippen molar-refractivity contribution >= 4 is 5.90 Å². The molecule has 0 saturated heterocycles. The molecule has 0 bridgehead atoms. The Morgan fingerprint density at radius 2 is 2.62 bits per heavy atom. The van der Waals surface area contributed by atoms with Crippen molar-refractivity contribution in [2.24, 2.45) is 5.16 Å². The van der Waals surface area contributed by atoms with E-state index in [-0.39, 0.29) is 5.90 Å². The summed E-state index contributed by atoms with van der Waals surface area (Å²) in [7, 11) is 0. The van der Waals surface area contributed by atoms with Crippen molar-refractivity contribution in [2.75, 3.05) is 6.61 Å². The van der Waals surface area contributed by atoms with Crippen molar-refractivity contribution in [3.8, 4) is 0 Å². The van der Waals surface area contributed by atoms with Crippen LogP contribution in [0.4, 0.5) is 0 Å². The molecule has 0 atom stereocenters. The predicted molar refractivity (Wildman–Crippen MR) is 31.0 cm³/mol. The summed E-state index contributed by atoms with van der Waals surface area (Å²) < 4.78 is 4.72. The number of hydrogen-bond donors (Lipinski definition) is 1. The van der Waals surface area contributed by atoms with Crippen molar-refractivity contribution in [2.45, 2.75) is 6.92 Å². The van der Waals surface area contributed by atoms with E-state index in [1.165, 1.54) is 0 Å². The SMILES string of the molecule is C=CCO/C(C)=N\O. The normalized spacial score (nSPS) is 10.9. The maximum Gasteiger partial charge on any atom is 0.222 e. The molecule has 0 aliphatic rings. The zero-order valence-corrected chi connectivity index (χ0v) is 4.79. The highest BCUT2D eigenvalue weighted by Gasteiger charge is 1.84. The Bertz CT molecular complexity index is 98.6. The summed E-state index contributed by atoms with van der Waals surface area (Å²) in [4.78, 5) is 0. The minimum absolute atomic E-state index is 0.255. The Labute approximate surface area is 48.3 Å². The summed E-state index contributed by atoms with van der Waals surface area (Å²) in [5, 5.41) is 10.8. The van der Waals surface area contributed by atoms with E-state index >= 15 is 0 Å². The largest absolute Gasteiger partial charge is 0.475 e. The van der Waals surface area contributed by atoms with Crippen LogP contribution in [0.15, 0.2) is 17.8 Å². The van der Waals surface area contributed by atoms with E-state index in [4.69, 9.17) is 9.94 Å². The first-order valence-corrected chi connectivity index (χ1v) is 2.23. The lowest BCUT2D eigenvalue weighted by molar-refractivity contribution is 0.271. The Morgan fingerprint density at radius 1 is 2.00 bits per heavy atom. The number of ether oxygens (including phenoxy) is 1. The highest BCUT2D eigenvalue weighted by atomic mass is 16.5. The van der Waals surface area contributed by atoms with Gasteiger partial charge in [0.1, 0.15) is 6.61 Å². The second-order valence-electron chi connectivity index (χ2n) is 1.22. The van der Waals surface area contributed by atoms with Crippen LogP contribution < -0.4 is 0 Å². The van der Waals surface area contributed by atoms with Crippen LogP contribution in [0.1, 0.15) is 6.92 Å². The number of hydrogen-bond acceptors (Lipinski definition) is 3. The fourth-order valence-electron chi connectivity index (χ4n) is 0.208. The zero-order valence-electron chi connectivity index (χ0n) is 4.79. The molecular formula is C5H9NO2. The molecule has 0 aromatic carbocycles. The van der Waals surface area contributed by atoms with Gasteiger partial charge in [-0.25, -0.2) is 0 Å². The van der Waals surface area contributed by atoms with Crippen molar-refractivity contribution in [1.29, 1.82) is 0 Å². The molecule has 0 amide bonds. The molecular weight excluding hydrogens is 106 g/mol. The molecule has 0 aliphatic carbocycles. The Balaban J connectivity index is 3.24. The van der Waals surface area contributed by atoms with Gasteiger partial charge < -0.3 is 9.94 Å². The van der Waals surface area contributed by atoms with Crippen LogP contribution in [0.25, 0.3) is 0 Å². The van der Waals surface area contributed by atoms with Gasteiger partial charge in [-0.3, -0.25) is 0 Å². The summed E-state index contributed by atoms with van der Waals surface area (Å²) in [5.41, 5.74) is 0. The first-order valence-electron chi connectivity index (χ1n) is 2.23. The highest BCUT2D eigenvalue weighted by molar-refractivity contribution is 5.72. The molecule has 0 saturated carbocycles. The summed E-state index contributed by atoms with van der Waals surface area (Å²) >= 11 is 0. The quantitative estimate of drug-likeness (QED) is 0.192. The van der Waals surface area contributed by atoms with Gasteiger partial charge in [0.25, 0.3) is 0 Å². The summed E-state index contributed by atoms with van der Waals surface area (Å²) in [5.74, 6) is 0.255. The molecule has 0 spiro atoms. The number of nitrogens with zero attached hydrogens (tertiary/aromatic N) is 1. The van der Waals surface area contributed by atoms with E-state index in [2.05, 4.69) is 11.7 Å². The first kappa shape index (κ1) is 7.01. The molecule has 0 rings (SSSR count). The van der Waals surface area contributed by atoms with Crippen LogP contribution in [0, 0.1) is 0 Å². The summed E-state index contributed by atoms with van der Waals surface area (Å²) in [6.45, 7) is 5.35. The lowest BCUT2D eigenvalue weighted by Crippen LogP contribution is -1.97. The Morgan fingerprint density at radius 3 is 3.00 bits per heavy atom. The molecule has 46 valence electrons. The van der Waals surface area contributed by atoms with Crippen LogP contribution in [0.5, 0.6) is 0 Å². The third-order valence-electron chi connectivity index (χ3n) is 0.551. The molecule has 0 aromatic rings. The topological polar surface area (TPSA) is 41.8 Å². The molecule has 0 aromatic heterocycles. The van der Waals surface area contributed by atoms with Crippen molar-refractivity contribution in [3.63, 3.8) is 0 Å². The fourth-order valence-corrected chi connectivity index (χ4v) is 0.208. The first-order chi connectivity index (χ1) is 3.81. The molecule has 0 aliphatic heterocycles. The van der Waals surface area contributed by atoms with Gasteiger partial charge >= 0.3 is 0 Å². The van der Waals surface area contributed by atoms with E-state index in [0.29, 0.717) is 6.61 Å². The third-order valence-corrected chi connectivity index (χ3v) is 0.551. The molecule has 3 nitrogen and oxygen atoms in total. The van der Waals surface area contributed by atoms with Gasteiger partial charge in [0.2, 0.25) is 5.90 Å².